The van der Waals surface area contributed by atoms with E-state index in [0.29, 0.717) is 13.1 Å². The van der Waals surface area contributed by atoms with Crippen LogP contribution in [-0.2, 0) is 18.6 Å². The van der Waals surface area contributed by atoms with Crippen molar-refractivity contribution < 1.29 is 4.42 Å². The van der Waals surface area contributed by atoms with Crippen LogP contribution in [0.4, 0.5) is 0 Å². The number of rotatable bonds is 5. The molecular weight excluding hydrogens is 234 g/mol. The van der Waals surface area contributed by atoms with Gasteiger partial charge in [0.25, 0.3) is 0 Å². The first-order valence-corrected chi connectivity index (χ1v) is 6.42. The lowest BCUT2D eigenvalue weighted by Gasteiger charge is -2.23. The molecule has 0 bridgehead atoms. The van der Waals surface area contributed by atoms with E-state index in [1.165, 1.54) is 0 Å². The third-order valence-corrected chi connectivity index (χ3v) is 3.69. The molecule has 0 amide bonds. The highest BCUT2D eigenvalue weighted by Crippen LogP contribution is 2.22. The molecule has 0 radical (unpaired) electrons. The van der Waals surface area contributed by atoms with Crippen LogP contribution in [0.5, 0.6) is 0 Å². The molecule has 0 fully saturated rings. The molecule has 5 heteroatoms. The first-order valence-electron chi connectivity index (χ1n) is 5.54. The molecule has 0 aromatic carbocycles. The van der Waals surface area contributed by atoms with E-state index in [1.807, 2.05) is 23.7 Å². The Hall–Kier alpha value is -1.17. The van der Waals surface area contributed by atoms with E-state index in [2.05, 4.69) is 24.1 Å². The van der Waals surface area contributed by atoms with E-state index in [9.17, 15) is 0 Å². The van der Waals surface area contributed by atoms with Gasteiger partial charge in [0.2, 0.25) is 0 Å². The predicted octanol–water partition coefficient (Wildman–Crippen LogP) is 2.22. The predicted molar refractivity (Wildman–Crippen MR) is 68.6 cm³/mol. The fourth-order valence-corrected chi connectivity index (χ4v) is 2.28. The molecule has 4 nitrogen and oxygen atoms in total. The van der Waals surface area contributed by atoms with Gasteiger partial charge < -0.3 is 10.2 Å². The van der Waals surface area contributed by atoms with Crippen LogP contribution in [0, 0.1) is 0 Å². The number of furan rings is 1. The largest absolute Gasteiger partial charge is 0.463 e. The van der Waals surface area contributed by atoms with E-state index in [1.54, 1.807) is 11.3 Å². The highest BCUT2D eigenvalue weighted by Gasteiger charge is 2.22. The summed E-state index contributed by atoms with van der Waals surface area (Å²) in [5.74, 6) is 1.71. The van der Waals surface area contributed by atoms with Crippen molar-refractivity contribution in [3.63, 3.8) is 0 Å². The van der Waals surface area contributed by atoms with Crippen molar-refractivity contribution in [2.45, 2.75) is 32.5 Å². The molecular formula is C12H17N3OS. The molecule has 0 aliphatic heterocycles. The van der Waals surface area contributed by atoms with Crippen LogP contribution in [0.1, 0.15) is 30.4 Å². The van der Waals surface area contributed by atoms with Gasteiger partial charge in [0.05, 0.1) is 18.6 Å². The lowest BCUT2D eigenvalue weighted by atomic mass is 10.1. The maximum atomic E-state index is 5.54. The molecule has 0 saturated carbocycles. The SMILES string of the molecule is CC(C)(NCc1ccc(CN)o1)c1nccs1. The monoisotopic (exact) mass is 251 g/mol. The summed E-state index contributed by atoms with van der Waals surface area (Å²) >= 11 is 1.65. The quantitative estimate of drug-likeness (QED) is 0.855. The third kappa shape index (κ3) is 2.94. The second-order valence-electron chi connectivity index (χ2n) is 4.39. The number of nitrogens with zero attached hydrogens (tertiary/aromatic N) is 1. The van der Waals surface area contributed by atoms with Crippen molar-refractivity contribution in [2.24, 2.45) is 5.73 Å². The second-order valence-corrected chi connectivity index (χ2v) is 5.28. The minimum absolute atomic E-state index is 0.149. The Morgan fingerprint density at radius 2 is 2.18 bits per heavy atom. The Morgan fingerprint density at radius 1 is 1.41 bits per heavy atom. The number of aromatic nitrogens is 1. The highest BCUT2D eigenvalue weighted by atomic mass is 32.1. The average molecular weight is 251 g/mol. The Labute approximate surface area is 105 Å². The fourth-order valence-electron chi connectivity index (χ4n) is 1.54. The molecule has 0 aliphatic carbocycles. The summed E-state index contributed by atoms with van der Waals surface area (Å²) in [4.78, 5) is 4.33. The molecule has 2 rings (SSSR count). The van der Waals surface area contributed by atoms with E-state index in [-0.39, 0.29) is 5.54 Å². The molecule has 0 spiro atoms. The van der Waals surface area contributed by atoms with Crippen molar-refractivity contribution >= 4 is 11.3 Å². The smallest absolute Gasteiger partial charge is 0.118 e. The van der Waals surface area contributed by atoms with Crippen LogP contribution in [0.25, 0.3) is 0 Å². The highest BCUT2D eigenvalue weighted by molar-refractivity contribution is 7.09. The summed E-state index contributed by atoms with van der Waals surface area (Å²) in [5, 5.41) is 6.49. The van der Waals surface area contributed by atoms with Gasteiger partial charge in [-0.25, -0.2) is 4.98 Å². The molecule has 0 unspecified atom stereocenters. The maximum absolute atomic E-state index is 5.54. The first-order chi connectivity index (χ1) is 8.12. The number of thiazole rings is 1. The van der Waals surface area contributed by atoms with Crippen molar-refractivity contribution in [1.82, 2.24) is 10.3 Å². The number of hydrogen-bond donors (Lipinski definition) is 2. The fraction of sp³-hybridized carbons (Fsp3) is 0.417. The molecule has 0 aliphatic rings. The Balaban J connectivity index is 1.97. The van der Waals surface area contributed by atoms with Gasteiger partial charge in [-0.15, -0.1) is 11.3 Å². The van der Waals surface area contributed by atoms with Gasteiger partial charge in [0.15, 0.2) is 0 Å². The van der Waals surface area contributed by atoms with Crippen LogP contribution >= 0.6 is 11.3 Å². The Morgan fingerprint density at radius 3 is 2.76 bits per heavy atom. The zero-order valence-corrected chi connectivity index (χ0v) is 10.9. The normalized spacial score (nSPS) is 11.9. The second kappa shape index (κ2) is 5.00. The van der Waals surface area contributed by atoms with Crippen LogP contribution in [-0.4, -0.2) is 4.98 Å². The van der Waals surface area contributed by atoms with Crippen molar-refractivity contribution in [1.29, 1.82) is 0 Å². The minimum atomic E-state index is -0.149. The van der Waals surface area contributed by atoms with Crippen LogP contribution in [0.3, 0.4) is 0 Å². The maximum Gasteiger partial charge on any atom is 0.118 e. The molecule has 2 aromatic heterocycles. The summed E-state index contributed by atoms with van der Waals surface area (Å²) < 4.78 is 5.54. The van der Waals surface area contributed by atoms with Gasteiger partial charge in [-0.05, 0) is 26.0 Å². The van der Waals surface area contributed by atoms with Gasteiger partial charge in [-0.3, -0.25) is 5.32 Å². The summed E-state index contributed by atoms with van der Waals surface area (Å²) in [6, 6.07) is 3.86. The van der Waals surface area contributed by atoms with E-state index >= 15 is 0 Å². The summed E-state index contributed by atoms with van der Waals surface area (Å²) in [5.41, 5.74) is 5.35. The molecule has 3 N–H and O–H groups in total. The number of nitrogens with one attached hydrogen (secondary N) is 1. The average Bonchev–Trinajstić information content (AvgIpc) is 2.98. The van der Waals surface area contributed by atoms with E-state index < -0.39 is 0 Å². The topological polar surface area (TPSA) is 64.1 Å². The standard InChI is InChI=1S/C12H17N3OS/c1-12(2,11-14-5-6-17-11)15-8-10-4-3-9(7-13)16-10/h3-6,15H,7-8,13H2,1-2H3. The van der Waals surface area contributed by atoms with E-state index in [0.717, 1.165) is 16.5 Å². The third-order valence-electron chi connectivity index (χ3n) is 2.59. The summed E-state index contributed by atoms with van der Waals surface area (Å²) in [6.45, 7) is 5.33. The molecule has 92 valence electrons. The Bertz CT molecular complexity index is 462. The first kappa shape index (κ1) is 12.3. The van der Waals surface area contributed by atoms with Crippen molar-refractivity contribution in [3.05, 3.63) is 40.2 Å². The summed E-state index contributed by atoms with van der Waals surface area (Å²) in [6.07, 6.45) is 1.82. The number of nitrogens with two attached hydrogens (primary N) is 1. The van der Waals surface area contributed by atoms with Gasteiger partial charge in [-0.1, -0.05) is 0 Å². The van der Waals surface area contributed by atoms with Gasteiger partial charge in [0.1, 0.15) is 16.5 Å². The molecule has 2 aromatic rings. The molecule has 2 heterocycles. The minimum Gasteiger partial charge on any atom is -0.463 e. The van der Waals surface area contributed by atoms with Crippen LogP contribution in [0.15, 0.2) is 28.1 Å². The van der Waals surface area contributed by atoms with Crippen LogP contribution < -0.4 is 11.1 Å². The van der Waals surface area contributed by atoms with Gasteiger partial charge in [0, 0.05) is 11.6 Å². The summed E-state index contributed by atoms with van der Waals surface area (Å²) in [7, 11) is 0. The van der Waals surface area contributed by atoms with Crippen LogP contribution in [0.2, 0.25) is 0 Å². The Kier molecular flexibility index (Phi) is 3.61. The van der Waals surface area contributed by atoms with Crippen molar-refractivity contribution in [2.75, 3.05) is 0 Å². The lowest BCUT2D eigenvalue weighted by Crippen LogP contribution is -2.35. The van der Waals surface area contributed by atoms with Gasteiger partial charge >= 0.3 is 0 Å². The lowest BCUT2D eigenvalue weighted by molar-refractivity contribution is 0.363. The zero-order chi connectivity index (χ0) is 12.3. The molecule has 0 atom stereocenters. The van der Waals surface area contributed by atoms with E-state index in [4.69, 9.17) is 10.2 Å². The molecule has 0 saturated heterocycles. The molecule has 17 heavy (non-hydrogen) atoms. The number of hydrogen-bond acceptors (Lipinski definition) is 5. The zero-order valence-electron chi connectivity index (χ0n) is 10.1. The van der Waals surface area contributed by atoms with Crippen molar-refractivity contribution in [3.8, 4) is 0 Å². The van der Waals surface area contributed by atoms with Gasteiger partial charge in [-0.2, -0.15) is 0 Å².